The lowest BCUT2D eigenvalue weighted by Gasteiger charge is -2.06. The van der Waals surface area contributed by atoms with Gasteiger partial charge in [0.05, 0.1) is 13.1 Å². The molecule has 266 valence electrons. The van der Waals surface area contributed by atoms with Gasteiger partial charge in [-0.25, -0.2) is 9.13 Å². The van der Waals surface area contributed by atoms with Crippen LogP contribution in [0.2, 0.25) is 0 Å². The van der Waals surface area contributed by atoms with Crippen LogP contribution < -0.4 is 4.57 Å². The molecule has 0 N–H and O–H groups in total. The number of hydrogen-bond acceptors (Lipinski definition) is 0. The molecule has 0 spiro atoms. The standard InChI is InChI=1S/C43H85N2/c1-4-7-10-12-14-16-18-20-22-23-25-27-29-31-33-35-37-40-45-42-41-44(43(45)38-9-6-3)39-36-34-32-30-28-26-24-21-19-17-15-13-11-8-5-2/h41-42H,4-40H2,1-3H3/q+1. The van der Waals surface area contributed by atoms with Crippen molar-refractivity contribution in [3.8, 4) is 0 Å². The molecule has 0 radical (unpaired) electrons. The Bertz CT molecular complexity index is 692. The van der Waals surface area contributed by atoms with E-state index < -0.39 is 0 Å². The first-order valence-corrected chi connectivity index (χ1v) is 21.4. The molecule has 0 aromatic carbocycles. The Balaban J connectivity index is 2.01. The number of rotatable bonds is 37. The van der Waals surface area contributed by atoms with Gasteiger partial charge < -0.3 is 0 Å². The summed E-state index contributed by atoms with van der Waals surface area (Å²) in [5.74, 6) is 1.60. The highest BCUT2D eigenvalue weighted by Gasteiger charge is 2.16. The molecule has 0 aliphatic rings. The Kier molecular flexibility index (Phi) is 32.4. The molecule has 0 aliphatic heterocycles. The van der Waals surface area contributed by atoms with Crippen LogP contribution in [0.5, 0.6) is 0 Å². The lowest BCUT2D eigenvalue weighted by atomic mass is 10.0. The van der Waals surface area contributed by atoms with Crippen LogP contribution in [0.4, 0.5) is 0 Å². The molecule has 0 saturated carbocycles. The van der Waals surface area contributed by atoms with Crippen molar-refractivity contribution >= 4 is 0 Å². The van der Waals surface area contributed by atoms with Crippen LogP contribution in [-0.4, -0.2) is 4.57 Å². The third-order valence-electron chi connectivity index (χ3n) is 10.3. The summed E-state index contributed by atoms with van der Waals surface area (Å²) in [4.78, 5) is 0. The van der Waals surface area contributed by atoms with E-state index in [9.17, 15) is 0 Å². The summed E-state index contributed by atoms with van der Waals surface area (Å²) in [5.41, 5.74) is 0. The molecule has 0 bridgehead atoms. The van der Waals surface area contributed by atoms with Crippen LogP contribution in [0.15, 0.2) is 12.4 Å². The average Bonchev–Trinajstić information content (AvgIpc) is 3.44. The van der Waals surface area contributed by atoms with Gasteiger partial charge in [0.1, 0.15) is 12.4 Å². The summed E-state index contributed by atoms with van der Waals surface area (Å²) in [6, 6.07) is 0. The summed E-state index contributed by atoms with van der Waals surface area (Å²) in [6.07, 6.45) is 55.0. The molecule has 2 nitrogen and oxygen atoms in total. The van der Waals surface area contributed by atoms with E-state index >= 15 is 0 Å². The van der Waals surface area contributed by atoms with Gasteiger partial charge in [-0.1, -0.05) is 207 Å². The normalized spacial score (nSPS) is 11.6. The van der Waals surface area contributed by atoms with Crippen molar-refractivity contribution in [3.63, 3.8) is 0 Å². The summed E-state index contributed by atoms with van der Waals surface area (Å²) in [5, 5.41) is 0. The first-order chi connectivity index (χ1) is 22.3. The molecule has 1 rings (SSSR count). The van der Waals surface area contributed by atoms with Gasteiger partial charge in [-0.15, -0.1) is 0 Å². The average molecular weight is 630 g/mol. The molecule has 2 heteroatoms. The predicted octanol–water partition coefficient (Wildman–Crippen LogP) is 14.6. The van der Waals surface area contributed by atoms with Crippen molar-refractivity contribution in [1.29, 1.82) is 0 Å². The van der Waals surface area contributed by atoms with Crippen molar-refractivity contribution in [2.45, 2.75) is 259 Å². The van der Waals surface area contributed by atoms with Crippen molar-refractivity contribution in [1.82, 2.24) is 4.57 Å². The largest absolute Gasteiger partial charge is 0.256 e. The number of nitrogens with zero attached hydrogens (tertiary/aromatic N) is 2. The van der Waals surface area contributed by atoms with Gasteiger partial charge in [-0.3, -0.25) is 0 Å². The molecule has 1 heterocycles. The third kappa shape index (κ3) is 26.9. The minimum atomic E-state index is 1.23. The first kappa shape index (κ1) is 42.2. The molecular formula is C43H85N2+. The zero-order chi connectivity index (χ0) is 32.3. The van der Waals surface area contributed by atoms with Gasteiger partial charge in [0.2, 0.25) is 0 Å². The van der Waals surface area contributed by atoms with Crippen LogP contribution in [0, 0.1) is 0 Å². The highest BCUT2D eigenvalue weighted by atomic mass is 15.1. The molecule has 0 atom stereocenters. The van der Waals surface area contributed by atoms with E-state index in [1.807, 2.05) is 0 Å². The molecule has 0 fully saturated rings. The summed E-state index contributed by atoms with van der Waals surface area (Å²) < 4.78 is 5.21. The molecular weight excluding hydrogens is 544 g/mol. The summed E-state index contributed by atoms with van der Waals surface area (Å²) in [7, 11) is 0. The number of imidazole rings is 1. The van der Waals surface area contributed by atoms with Gasteiger partial charge in [0.25, 0.3) is 5.82 Å². The molecule has 1 aromatic heterocycles. The molecule has 0 saturated heterocycles. The van der Waals surface area contributed by atoms with Crippen molar-refractivity contribution in [2.24, 2.45) is 0 Å². The molecule has 0 unspecified atom stereocenters. The zero-order valence-electron chi connectivity index (χ0n) is 31.7. The van der Waals surface area contributed by atoms with E-state index in [1.54, 1.807) is 5.82 Å². The number of unbranched alkanes of at least 4 members (excludes halogenated alkanes) is 31. The Labute approximate surface area is 285 Å². The molecule has 1 aromatic rings. The van der Waals surface area contributed by atoms with Gasteiger partial charge in [-0.2, -0.15) is 0 Å². The third-order valence-corrected chi connectivity index (χ3v) is 10.3. The summed E-state index contributed by atoms with van der Waals surface area (Å²) in [6.45, 7) is 9.41. The number of hydrogen-bond donors (Lipinski definition) is 0. The molecule has 45 heavy (non-hydrogen) atoms. The highest BCUT2D eigenvalue weighted by molar-refractivity contribution is 4.84. The van der Waals surface area contributed by atoms with E-state index in [0.29, 0.717) is 0 Å². The Morgan fingerprint density at radius 1 is 0.378 bits per heavy atom. The maximum atomic E-state index is 2.60. The fourth-order valence-corrected chi connectivity index (χ4v) is 7.19. The van der Waals surface area contributed by atoms with E-state index in [4.69, 9.17) is 0 Å². The maximum Gasteiger partial charge on any atom is 0.256 e. The van der Waals surface area contributed by atoms with Gasteiger partial charge in [0, 0.05) is 6.42 Å². The number of aromatic nitrogens is 2. The predicted molar refractivity (Wildman–Crippen MR) is 202 cm³/mol. The fourth-order valence-electron chi connectivity index (χ4n) is 7.19. The van der Waals surface area contributed by atoms with E-state index in [2.05, 4.69) is 42.3 Å². The quantitative estimate of drug-likeness (QED) is 0.0511. The van der Waals surface area contributed by atoms with E-state index in [1.165, 1.54) is 238 Å². The second kappa shape index (κ2) is 34.5. The number of aryl methyl sites for hydroxylation is 2. The van der Waals surface area contributed by atoms with Crippen LogP contribution in [0.3, 0.4) is 0 Å². The van der Waals surface area contributed by atoms with Gasteiger partial charge >= 0.3 is 0 Å². The van der Waals surface area contributed by atoms with Crippen LogP contribution >= 0.6 is 0 Å². The zero-order valence-corrected chi connectivity index (χ0v) is 31.7. The monoisotopic (exact) mass is 630 g/mol. The molecule has 0 amide bonds. The van der Waals surface area contributed by atoms with Gasteiger partial charge in [-0.05, 0) is 32.1 Å². The minimum absolute atomic E-state index is 1.23. The lowest BCUT2D eigenvalue weighted by molar-refractivity contribution is -0.704. The second-order valence-corrected chi connectivity index (χ2v) is 14.8. The van der Waals surface area contributed by atoms with Crippen LogP contribution in [0.25, 0.3) is 0 Å². The Morgan fingerprint density at radius 2 is 0.689 bits per heavy atom. The highest BCUT2D eigenvalue weighted by Crippen LogP contribution is 2.16. The minimum Gasteiger partial charge on any atom is -0.234 e. The smallest absolute Gasteiger partial charge is 0.234 e. The lowest BCUT2D eigenvalue weighted by Crippen LogP contribution is -2.37. The van der Waals surface area contributed by atoms with Crippen molar-refractivity contribution in [2.75, 3.05) is 0 Å². The second-order valence-electron chi connectivity index (χ2n) is 14.8. The van der Waals surface area contributed by atoms with E-state index in [-0.39, 0.29) is 0 Å². The molecule has 0 aliphatic carbocycles. The van der Waals surface area contributed by atoms with Crippen molar-refractivity contribution < 1.29 is 4.57 Å². The van der Waals surface area contributed by atoms with Crippen LogP contribution in [-0.2, 0) is 19.5 Å². The van der Waals surface area contributed by atoms with Gasteiger partial charge in [0.15, 0.2) is 0 Å². The topological polar surface area (TPSA) is 8.81 Å². The Hall–Kier alpha value is -0.790. The van der Waals surface area contributed by atoms with Crippen LogP contribution in [0.1, 0.15) is 245 Å². The SMILES string of the molecule is CCCCCCCCCCCCCCCCCCCn1cc[n+](CCCCCCCCCCCCCCCCC)c1CCCC. The summed E-state index contributed by atoms with van der Waals surface area (Å²) >= 11 is 0. The van der Waals surface area contributed by atoms with E-state index in [0.717, 1.165) is 0 Å². The Morgan fingerprint density at radius 3 is 1.04 bits per heavy atom. The maximum absolute atomic E-state index is 2.60. The fraction of sp³-hybridized carbons (Fsp3) is 0.930. The first-order valence-electron chi connectivity index (χ1n) is 21.4. The van der Waals surface area contributed by atoms with Crippen molar-refractivity contribution in [3.05, 3.63) is 18.2 Å².